The molecule has 7 nitrogen and oxygen atoms in total. The monoisotopic (exact) mass is 463 g/mol. The summed E-state index contributed by atoms with van der Waals surface area (Å²) in [5.41, 5.74) is 2.76. The number of aromatic nitrogens is 5. The molecule has 0 amide bonds. The van der Waals surface area contributed by atoms with Crippen molar-refractivity contribution in [1.29, 1.82) is 0 Å². The average Bonchev–Trinajstić information content (AvgIpc) is 3.30. The zero-order valence-electron chi connectivity index (χ0n) is 16.6. The Labute approximate surface area is 186 Å². The molecule has 0 radical (unpaired) electrons. The molecule has 0 saturated heterocycles. The maximum absolute atomic E-state index is 13.1. The lowest BCUT2D eigenvalue weighted by Gasteiger charge is -2.10. The molecule has 0 spiro atoms. The van der Waals surface area contributed by atoms with Crippen molar-refractivity contribution in [2.75, 3.05) is 0 Å². The smallest absolute Gasteiger partial charge is 0.276 e. The second-order valence-corrected chi connectivity index (χ2v) is 9.26. The Bertz CT molecular complexity index is 1330. The molecule has 156 valence electrons. The van der Waals surface area contributed by atoms with E-state index in [9.17, 15) is 9.59 Å². The van der Waals surface area contributed by atoms with Crippen LogP contribution in [-0.2, 0) is 20.1 Å². The number of thiazole rings is 1. The molecule has 0 saturated carbocycles. The van der Waals surface area contributed by atoms with Gasteiger partial charge in [-0.2, -0.15) is 5.10 Å². The highest BCUT2D eigenvalue weighted by molar-refractivity contribution is 7.13. The van der Waals surface area contributed by atoms with Crippen LogP contribution in [-0.4, -0.2) is 23.9 Å². The van der Waals surface area contributed by atoms with E-state index in [1.165, 1.54) is 18.4 Å². The summed E-state index contributed by atoms with van der Waals surface area (Å²) in [6.45, 7) is 4.81. The van der Waals surface area contributed by atoms with Crippen LogP contribution in [0.4, 0.5) is 0 Å². The minimum Gasteiger partial charge on any atom is -0.276 e. The summed E-state index contributed by atoms with van der Waals surface area (Å²) in [4.78, 5) is 30.9. The largest absolute Gasteiger partial charge is 0.332 e. The van der Waals surface area contributed by atoms with Crippen molar-refractivity contribution >= 4 is 45.6 Å². The van der Waals surface area contributed by atoms with Crippen LogP contribution in [0.15, 0.2) is 39.5 Å². The molecule has 0 fully saturated rings. The van der Waals surface area contributed by atoms with E-state index in [0.29, 0.717) is 39.9 Å². The van der Waals surface area contributed by atoms with Crippen molar-refractivity contribution in [2.45, 2.75) is 26.9 Å². The van der Waals surface area contributed by atoms with Crippen LogP contribution in [0, 0.1) is 5.92 Å². The van der Waals surface area contributed by atoms with E-state index >= 15 is 0 Å². The van der Waals surface area contributed by atoms with E-state index in [1.807, 2.05) is 13.8 Å². The van der Waals surface area contributed by atoms with Gasteiger partial charge in [0.15, 0.2) is 5.65 Å². The van der Waals surface area contributed by atoms with Gasteiger partial charge in [-0.25, -0.2) is 4.79 Å². The summed E-state index contributed by atoms with van der Waals surface area (Å²) in [5.74, 6) is 0.201. The van der Waals surface area contributed by atoms with Crippen LogP contribution in [0.5, 0.6) is 0 Å². The third kappa shape index (κ3) is 3.71. The van der Waals surface area contributed by atoms with Crippen molar-refractivity contribution in [3.05, 3.63) is 66.4 Å². The minimum atomic E-state index is -0.382. The molecular formula is C20H19Cl2N5O2S. The predicted octanol–water partition coefficient (Wildman–Crippen LogP) is 4.03. The molecule has 0 bridgehead atoms. The van der Waals surface area contributed by atoms with E-state index in [-0.39, 0.29) is 17.2 Å². The van der Waals surface area contributed by atoms with Gasteiger partial charge in [0.25, 0.3) is 5.56 Å². The topological polar surface area (TPSA) is 74.7 Å². The molecule has 0 atom stereocenters. The molecule has 1 aromatic carbocycles. The van der Waals surface area contributed by atoms with E-state index in [0.717, 1.165) is 15.0 Å². The Morgan fingerprint density at radius 3 is 2.43 bits per heavy atom. The van der Waals surface area contributed by atoms with Crippen LogP contribution in [0.1, 0.15) is 19.4 Å². The van der Waals surface area contributed by atoms with Crippen molar-refractivity contribution < 1.29 is 0 Å². The zero-order valence-corrected chi connectivity index (χ0v) is 18.9. The first-order valence-corrected chi connectivity index (χ1v) is 10.9. The number of hydrogen-bond donors (Lipinski definition) is 0. The molecule has 4 aromatic rings. The molecule has 0 aliphatic heterocycles. The van der Waals surface area contributed by atoms with Gasteiger partial charge in [-0.3, -0.25) is 23.6 Å². The Morgan fingerprint density at radius 1 is 1.13 bits per heavy atom. The Hall–Kier alpha value is -2.42. The van der Waals surface area contributed by atoms with Gasteiger partial charge in [0.2, 0.25) is 0 Å². The first-order valence-electron chi connectivity index (χ1n) is 9.30. The summed E-state index contributed by atoms with van der Waals surface area (Å²) in [6, 6.07) is 5.26. The molecular weight excluding hydrogens is 445 g/mol. The number of rotatable bonds is 5. The number of hydrogen-bond acceptors (Lipinski definition) is 5. The molecule has 3 heterocycles. The zero-order chi connectivity index (χ0) is 21.6. The first-order chi connectivity index (χ1) is 14.3. The molecule has 0 aliphatic carbocycles. The van der Waals surface area contributed by atoms with Crippen molar-refractivity contribution in [3.63, 3.8) is 0 Å². The summed E-state index contributed by atoms with van der Waals surface area (Å²) in [6.07, 6.45) is 1.69. The van der Waals surface area contributed by atoms with Crippen LogP contribution in [0.3, 0.4) is 0 Å². The quantitative estimate of drug-likeness (QED) is 0.447. The molecule has 10 heteroatoms. The minimum absolute atomic E-state index is 0.201. The lowest BCUT2D eigenvalue weighted by atomic mass is 10.2. The highest BCUT2D eigenvalue weighted by Crippen LogP contribution is 2.30. The maximum Gasteiger partial charge on any atom is 0.332 e. The molecule has 3 aromatic heterocycles. The maximum atomic E-state index is 13.1. The van der Waals surface area contributed by atoms with Crippen LogP contribution < -0.4 is 11.2 Å². The highest BCUT2D eigenvalue weighted by atomic mass is 35.5. The lowest BCUT2D eigenvalue weighted by Crippen LogP contribution is -2.38. The molecule has 4 rings (SSSR count). The van der Waals surface area contributed by atoms with Crippen LogP contribution in [0.25, 0.3) is 21.6 Å². The van der Waals surface area contributed by atoms with Gasteiger partial charge in [-0.15, -0.1) is 11.3 Å². The fourth-order valence-corrected chi connectivity index (χ4v) is 4.71. The summed E-state index contributed by atoms with van der Waals surface area (Å²) in [5, 5.41) is 6.13. The van der Waals surface area contributed by atoms with Gasteiger partial charge >= 0.3 is 5.69 Å². The number of nitrogens with zero attached hydrogens (tertiary/aromatic N) is 5. The number of fused-ring (bicyclic) bond motifs is 1. The first kappa shape index (κ1) is 20.8. The fraction of sp³-hybridized carbons (Fsp3) is 0.300. The van der Waals surface area contributed by atoms with Gasteiger partial charge in [-0.1, -0.05) is 37.0 Å². The number of halogens is 2. The van der Waals surface area contributed by atoms with Gasteiger partial charge in [0.1, 0.15) is 5.39 Å². The van der Waals surface area contributed by atoms with Crippen molar-refractivity contribution in [3.8, 4) is 10.6 Å². The molecule has 0 N–H and O–H groups in total. The Morgan fingerprint density at radius 2 is 1.83 bits per heavy atom. The Kier molecular flexibility index (Phi) is 5.57. The summed E-state index contributed by atoms with van der Waals surface area (Å²) < 4.78 is 4.42. The van der Waals surface area contributed by atoms with E-state index in [2.05, 4.69) is 4.98 Å². The highest BCUT2D eigenvalue weighted by Gasteiger charge is 2.23. The average molecular weight is 464 g/mol. The standard InChI is InChI=1S/C20H19Cl2N5O2S/c1-11(2)8-26-18-16(19(28)25(3)20(26)29)17(15-7-23-10-30-15)27(24-18)9-12-4-13(21)6-14(22)5-12/h4-7,10-11H,8-9H2,1-3H3. The lowest BCUT2D eigenvalue weighted by molar-refractivity contribution is 0.498. The normalized spacial score (nSPS) is 11.7. The van der Waals surface area contributed by atoms with Crippen molar-refractivity contribution in [2.24, 2.45) is 13.0 Å². The van der Waals surface area contributed by atoms with E-state index in [1.54, 1.807) is 39.2 Å². The third-order valence-corrected chi connectivity index (χ3v) is 5.91. The summed E-state index contributed by atoms with van der Waals surface area (Å²) >= 11 is 13.7. The second kappa shape index (κ2) is 8.02. The third-order valence-electron chi connectivity index (χ3n) is 4.69. The summed E-state index contributed by atoms with van der Waals surface area (Å²) in [7, 11) is 1.49. The number of benzene rings is 1. The molecule has 30 heavy (non-hydrogen) atoms. The van der Waals surface area contributed by atoms with Gasteiger partial charge in [0, 0.05) is 29.8 Å². The van der Waals surface area contributed by atoms with Gasteiger partial charge in [0.05, 0.1) is 22.6 Å². The van der Waals surface area contributed by atoms with Gasteiger partial charge < -0.3 is 0 Å². The Balaban J connectivity index is 2.05. The second-order valence-electron chi connectivity index (χ2n) is 7.50. The predicted molar refractivity (Wildman–Crippen MR) is 121 cm³/mol. The van der Waals surface area contributed by atoms with E-state index < -0.39 is 0 Å². The van der Waals surface area contributed by atoms with Crippen LogP contribution >= 0.6 is 34.5 Å². The molecule has 0 aliphatic rings. The van der Waals surface area contributed by atoms with E-state index in [4.69, 9.17) is 28.3 Å². The van der Waals surface area contributed by atoms with Gasteiger partial charge in [-0.05, 0) is 29.7 Å². The fourth-order valence-electron chi connectivity index (χ4n) is 3.46. The van der Waals surface area contributed by atoms with Crippen LogP contribution in [0.2, 0.25) is 10.0 Å². The van der Waals surface area contributed by atoms with Crippen molar-refractivity contribution in [1.82, 2.24) is 23.9 Å². The molecule has 0 unspecified atom stereocenters. The SMILES string of the molecule is CC(C)Cn1c(=O)n(C)c(=O)c2c(-c3cncs3)n(Cc3cc(Cl)cc(Cl)c3)nc21.